The molecule has 10 nitrogen and oxygen atoms in total. The number of alkyl carbamates (subject to hydrolysis) is 1. The van der Waals surface area contributed by atoms with Gasteiger partial charge in [-0.1, -0.05) is 103 Å². The number of hydrogen-bond acceptors (Lipinski definition) is 6. The molecule has 49 heavy (non-hydrogen) atoms. The van der Waals surface area contributed by atoms with Gasteiger partial charge in [-0.25, -0.2) is 9.78 Å². The standard InChI is InChI=1S/C38H38ClN5O5/c39-34-14-8-7-13-31(34)19-20-41-36(45)24-44(23-28-15-17-32(18-16-28)48-25-29-9-3-1-4-10-29)37(46)33(35-22-40-27-43-35)21-42-38(47)49-26-30-11-5-2-6-12-30/h1-18,22,27,33H,19-21,23-26H2,(H,40,43)(H,41,45)(H,42,47)/t33-/m0/s1. The van der Waals surface area contributed by atoms with Crippen LogP contribution in [0.5, 0.6) is 5.75 Å². The fraction of sp³-hybridized carbons (Fsp3) is 0.211. The highest BCUT2D eigenvalue weighted by atomic mass is 35.5. The minimum absolute atomic E-state index is 0.0778. The van der Waals surface area contributed by atoms with Crippen LogP contribution in [0.25, 0.3) is 0 Å². The molecule has 1 atom stereocenters. The molecule has 0 saturated carbocycles. The van der Waals surface area contributed by atoms with E-state index in [0.29, 0.717) is 36.0 Å². The summed E-state index contributed by atoms with van der Waals surface area (Å²) >= 11 is 6.28. The summed E-state index contributed by atoms with van der Waals surface area (Å²) in [5.74, 6) is -0.896. The maximum Gasteiger partial charge on any atom is 0.407 e. The predicted molar refractivity (Wildman–Crippen MR) is 187 cm³/mol. The first-order chi connectivity index (χ1) is 23.9. The van der Waals surface area contributed by atoms with Gasteiger partial charge in [0.2, 0.25) is 11.8 Å². The second-order valence-electron chi connectivity index (χ2n) is 11.3. The lowest BCUT2D eigenvalue weighted by atomic mass is 10.0. The number of benzene rings is 4. The van der Waals surface area contributed by atoms with Crippen molar-refractivity contribution >= 4 is 29.5 Å². The zero-order chi connectivity index (χ0) is 34.3. The summed E-state index contributed by atoms with van der Waals surface area (Å²) in [7, 11) is 0. The molecule has 3 N–H and O–H groups in total. The fourth-order valence-corrected chi connectivity index (χ4v) is 5.33. The van der Waals surface area contributed by atoms with Gasteiger partial charge in [0.25, 0.3) is 0 Å². The number of carbonyl (C=O) groups is 3. The number of halogens is 1. The zero-order valence-corrected chi connectivity index (χ0v) is 27.6. The Morgan fingerprint density at radius 2 is 1.47 bits per heavy atom. The molecular formula is C38H38ClN5O5. The lowest BCUT2D eigenvalue weighted by Crippen LogP contribution is -2.45. The molecule has 0 radical (unpaired) electrons. The van der Waals surface area contributed by atoms with Gasteiger partial charge in [0, 0.05) is 36.5 Å². The summed E-state index contributed by atoms with van der Waals surface area (Å²) in [6, 6.07) is 34.0. The molecule has 0 aliphatic carbocycles. The van der Waals surface area contributed by atoms with Crippen molar-refractivity contribution in [3.8, 4) is 5.75 Å². The van der Waals surface area contributed by atoms with Crippen molar-refractivity contribution in [3.05, 3.63) is 155 Å². The number of ether oxygens (including phenoxy) is 2. The quantitative estimate of drug-likeness (QED) is 0.117. The van der Waals surface area contributed by atoms with E-state index in [4.69, 9.17) is 21.1 Å². The fourth-order valence-electron chi connectivity index (χ4n) is 5.10. The van der Waals surface area contributed by atoms with E-state index in [-0.39, 0.29) is 38.1 Å². The van der Waals surface area contributed by atoms with E-state index in [0.717, 1.165) is 22.3 Å². The van der Waals surface area contributed by atoms with Crippen LogP contribution in [0.2, 0.25) is 5.02 Å². The van der Waals surface area contributed by atoms with Gasteiger partial charge in [-0.3, -0.25) is 9.59 Å². The van der Waals surface area contributed by atoms with Crippen molar-refractivity contribution in [1.82, 2.24) is 25.5 Å². The van der Waals surface area contributed by atoms with Gasteiger partial charge < -0.3 is 30.0 Å². The molecule has 0 fully saturated rings. The smallest absolute Gasteiger partial charge is 0.407 e. The van der Waals surface area contributed by atoms with Gasteiger partial charge in [-0.05, 0) is 46.9 Å². The molecular weight excluding hydrogens is 642 g/mol. The minimum atomic E-state index is -0.865. The number of amides is 3. The molecule has 0 bridgehead atoms. The van der Waals surface area contributed by atoms with Crippen LogP contribution in [0.3, 0.4) is 0 Å². The Hall–Kier alpha value is -5.61. The number of aromatic nitrogens is 2. The Morgan fingerprint density at radius 3 is 2.14 bits per heavy atom. The Kier molecular flexibility index (Phi) is 12.8. The van der Waals surface area contributed by atoms with Crippen molar-refractivity contribution in [3.63, 3.8) is 0 Å². The number of aromatic amines is 1. The van der Waals surface area contributed by atoms with Crippen LogP contribution in [-0.2, 0) is 40.5 Å². The lowest BCUT2D eigenvalue weighted by Gasteiger charge is -2.27. The van der Waals surface area contributed by atoms with Gasteiger partial charge in [-0.15, -0.1) is 0 Å². The van der Waals surface area contributed by atoms with Gasteiger partial charge in [-0.2, -0.15) is 0 Å². The highest BCUT2D eigenvalue weighted by Gasteiger charge is 2.29. The molecule has 4 aromatic carbocycles. The van der Waals surface area contributed by atoms with Crippen LogP contribution in [0.15, 0.2) is 122 Å². The summed E-state index contributed by atoms with van der Waals surface area (Å²) in [6.45, 7) is 0.699. The maximum absolute atomic E-state index is 14.2. The third kappa shape index (κ3) is 11.0. The molecule has 11 heteroatoms. The summed E-state index contributed by atoms with van der Waals surface area (Å²) in [6.07, 6.45) is 2.86. The topological polar surface area (TPSA) is 126 Å². The highest BCUT2D eigenvalue weighted by Crippen LogP contribution is 2.20. The number of hydrogen-bond donors (Lipinski definition) is 3. The van der Waals surface area contributed by atoms with Crippen LogP contribution in [0.4, 0.5) is 4.79 Å². The summed E-state index contributed by atoms with van der Waals surface area (Å²) < 4.78 is 11.3. The molecule has 0 saturated heterocycles. The number of nitrogens with zero attached hydrogens (tertiary/aromatic N) is 2. The van der Waals surface area contributed by atoms with E-state index in [1.165, 1.54) is 17.4 Å². The van der Waals surface area contributed by atoms with Crippen LogP contribution < -0.4 is 15.4 Å². The van der Waals surface area contributed by atoms with Crippen molar-refractivity contribution in [1.29, 1.82) is 0 Å². The molecule has 0 aliphatic rings. The Balaban J connectivity index is 1.26. The van der Waals surface area contributed by atoms with Gasteiger partial charge in [0.1, 0.15) is 19.0 Å². The van der Waals surface area contributed by atoms with E-state index in [1.54, 1.807) is 6.07 Å². The number of carbonyl (C=O) groups excluding carboxylic acids is 3. The second kappa shape index (κ2) is 18.1. The zero-order valence-electron chi connectivity index (χ0n) is 26.9. The number of nitrogens with one attached hydrogen (secondary N) is 3. The van der Waals surface area contributed by atoms with Crippen molar-refractivity contribution < 1.29 is 23.9 Å². The summed E-state index contributed by atoms with van der Waals surface area (Å²) in [5.41, 5.74) is 4.08. The second-order valence-corrected chi connectivity index (χ2v) is 11.7. The van der Waals surface area contributed by atoms with E-state index in [1.807, 2.05) is 103 Å². The first kappa shape index (κ1) is 34.7. The lowest BCUT2D eigenvalue weighted by molar-refractivity contribution is -0.137. The number of rotatable bonds is 16. The summed E-state index contributed by atoms with van der Waals surface area (Å²) in [4.78, 5) is 48.6. The van der Waals surface area contributed by atoms with Crippen molar-refractivity contribution in [2.24, 2.45) is 0 Å². The molecule has 0 unspecified atom stereocenters. The van der Waals surface area contributed by atoms with Crippen LogP contribution >= 0.6 is 11.6 Å². The van der Waals surface area contributed by atoms with E-state index in [9.17, 15) is 14.4 Å². The van der Waals surface area contributed by atoms with E-state index >= 15 is 0 Å². The van der Waals surface area contributed by atoms with E-state index < -0.39 is 12.0 Å². The van der Waals surface area contributed by atoms with Gasteiger partial charge in [0.15, 0.2) is 0 Å². The molecule has 5 rings (SSSR count). The Labute approximate surface area is 290 Å². The van der Waals surface area contributed by atoms with Gasteiger partial charge >= 0.3 is 6.09 Å². The van der Waals surface area contributed by atoms with Crippen molar-refractivity contribution in [2.75, 3.05) is 19.6 Å². The minimum Gasteiger partial charge on any atom is -0.489 e. The predicted octanol–water partition coefficient (Wildman–Crippen LogP) is 6.04. The van der Waals surface area contributed by atoms with Gasteiger partial charge in [0.05, 0.1) is 18.8 Å². The monoisotopic (exact) mass is 679 g/mol. The normalized spacial score (nSPS) is 11.3. The molecule has 1 heterocycles. The third-order valence-electron chi connectivity index (χ3n) is 7.72. The number of imidazole rings is 1. The third-order valence-corrected chi connectivity index (χ3v) is 8.09. The average Bonchev–Trinajstić information content (AvgIpc) is 3.67. The van der Waals surface area contributed by atoms with E-state index in [2.05, 4.69) is 20.6 Å². The molecule has 5 aromatic rings. The average molecular weight is 680 g/mol. The van der Waals surface area contributed by atoms with Crippen LogP contribution in [-0.4, -0.2) is 52.4 Å². The molecule has 252 valence electrons. The summed E-state index contributed by atoms with van der Waals surface area (Å²) in [5, 5.41) is 6.23. The largest absolute Gasteiger partial charge is 0.489 e. The first-order valence-electron chi connectivity index (χ1n) is 15.9. The Morgan fingerprint density at radius 1 is 0.796 bits per heavy atom. The molecule has 0 aliphatic heterocycles. The molecule has 0 spiro atoms. The maximum atomic E-state index is 14.2. The number of H-pyrrole nitrogens is 1. The molecule has 1 aromatic heterocycles. The molecule has 3 amide bonds. The van der Waals surface area contributed by atoms with Crippen molar-refractivity contribution in [2.45, 2.75) is 32.1 Å². The van der Waals surface area contributed by atoms with Crippen LogP contribution in [0.1, 0.15) is 33.9 Å². The Bertz CT molecular complexity index is 1770. The first-order valence-corrected chi connectivity index (χ1v) is 16.3. The van der Waals surface area contributed by atoms with Crippen LogP contribution in [0, 0.1) is 0 Å². The SMILES string of the molecule is O=C(CN(Cc1ccc(OCc2ccccc2)cc1)C(=O)[C@@H](CNC(=O)OCc1ccccc1)c1cnc[nH]1)NCCc1ccccc1Cl. The highest BCUT2D eigenvalue weighted by molar-refractivity contribution is 6.31.